The first-order valence-corrected chi connectivity index (χ1v) is 6.89. The lowest BCUT2D eigenvalue weighted by molar-refractivity contribution is -0.142. The first-order chi connectivity index (χ1) is 9.49. The molecule has 0 aliphatic heterocycles. The van der Waals surface area contributed by atoms with E-state index in [-0.39, 0.29) is 23.4 Å². The van der Waals surface area contributed by atoms with E-state index in [0.717, 1.165) is 5.56 Å². The van der Waals surface area contributed by atoms with Crippen LogP contribution in [0.4, 0.5) is 4.39 Å². The number of hydrogen-bond acceptors (Lipinski definition) is 3. The highest BCUT2D eigenvalue weighted by Crippen LogP contribution is 2.29. The highest BCUT2D eigenvalue weighted by molar-refractivity contribution is 5.79. The van der Waals surface area contributed by atoms with Crippen LogP contribution in [0.15, 0.2) is 24.3 Å². The molecule has 0 aliphatic carbocycles. The fraction of sp³-hybridized carbons (Fsp3) is 0.562. The third-order valence-electron chi connectivity index (χ3n) is 3.56. The van der Waals surface area contributed by atoms with Gasteiger partial charge in [0.2, 0.25) is 0 Å². The molecule has 3 unspecified atom stereocenters. The van der Waals surface area contributed by atoms with E-state index in [1.54, 1.807) is 20.1 Å². The van der Waals surface area contributed by atoms with Crippen LogP contribution in [0.3, 0.4) is 0 Å². The van der Waals surface area contributed by atoms with Crippen LogP contribution in [0.5, 0.6) is 0 Å². The van der Waals surface area contributed by atoms with Gasteiger partial charge in [0.1, 0.15) is 11.6 Å². The lowest BCUT2D eigenvalue weighted by Crippen LogP contribution is -2.27. The van der Waals surface area contributed by atoms with Crippen molar-refractivity contribution >= 4 is 5.78 Å². The minimum atomic E-state index is -0.412. The largest absolute Gasteiger partial charge is 0.356 e. The molecule has 1 rings (SSSR count). The van der Waals surface area contributed by atoms with Crippen molar-refractivity contribution < 1.29 is 18.7 Å². The van der Waals surface area contributed by atoms with Crippen LogP contribution >= 0.6 is 0 Å². The Morgan fingerprint density at radius 1 is 1.40 bits per heavy atom. The van der Waals surface area contributed by atoms with Gasteiger partial charge in [0.15, 0.2) is 6.29 Å². The molecule has 0 heterocycles. The zero-order valence-electron chi connectivity index (χ0n) is 12.6. The van der Waals surface area contributed by atoms with Crippen LogP contribution in [-0.2, 0) is 14.3 Å². The van der Waals surface area contributed by atoms with Crippen molar-refractivity contribution in [1.29, 1.82) is 0 Å². The molecule has 3 nitrogen and oxygen atoms in total. The Labute approximate surface area is 120 Å². The predicted octanol–water partition coefficient (Wildman–Crippen LogP) is 3.53. The summed E-state index contributed by atoms with van der Waals surface area (Å²) in [5, 5.41) is 0. The number of hydrogen-bond donors (Lipinski definition) is 0. The van der Waals surface area contributed by atoms with Crippen LogP contribution in [0.1, 0.15) is 38.7 Å². The lowest BCUT2D eigenvalue weighted by atomic mass is 9.82. The molecule has 0 saturated carbocycles. The Kier molecular flexibility index (Phi) is 6.82. The van der Waals surface area contributed by atoms with Gasteiger partial charge in [-0.2, -0.15) is 0 Å². The average Bonchev–Trinajstić information content (AvgIpc) is 2.42. The monoisotopic (exact) mass is 282 g/mol. The van der Waals surface area contributed by atoms with Gasteiger partial charge < -0.3 is 9.47 Å². The molecule has 0 spiro atoms. The van der Waals surface area contributed by atoms with Gasteiger partial charge in [-0.3, -0.25) is 4.79 Å². The smallest absolute Gasteiger partial charge is 0.157 e. The molecule has 0 aliphatic rings. The second kappa shape index (κ2) is 8.12. The Balaban J connectivity index is 2.87. The van der Waals surface area contributed by atoms with E-state index in [1.165, 1.54) is 12.1 Å². The second-order valence-electron chi connectivity index (χ2n) is 4.92. The van der Waals surface area contributed by atoms with Crippen LogP contribution < -0.4 is 0 Å². The van der Waals surface area contributed by atoms with Crippen LogP contribution in [0.2, 0.25) is 0 Å². The highest BCUT2D eigenvalue weighted by atomic mass is 19.1. The first-order valence-electron chi connectivity index (χ1n) is 6.89. The van der Waals surface area contributed by atoms with Crippen molar-refractivity contribution in [3.63, 3.8) is 0 Å². The van der Waals surface area contributed by atoms with Gasteiger partial charge in [-0.25, -0.2) is 4.39 Å². The standard InChI is InChI=1S/C16H23FO3/c1-5-20-16(19-4)10-15(12(3)18)11(2)13-7-6-8-14(17)9-13/h6-9,11,15-16H,5,10H2,1-4H3. The summed E-state index contributed by atoms with van der Waals surface area (Å²) in [6.45, 7) is 5.89. The molecule has 4 heteroatoms. The van der Waals surface area contributed by atoms with E-state index in [1.807, 2.05) is 19.9 Å². The maximum Gasteiger partial charge on any atom is 0.157 e. The number of carbonyl (C=O) groups excluding carboxylic acids is 1. The van der Waals surface area contributed by atoms with E-state index >= 15 is 0 Å². The van der Waals surface area contributed by atoms with Gasteiger partial charge in [-0.1, -0.05) is 19.1 Å². The lowest BCUT2D eigenvalue weighted by Gasteiger charge is -2.26. The van der Waals surface area contributed by atoms with Crippen molar-refractivity contribution in [1.82, 2.24) is 0 Å². The zero-order valence-corrected chi connectivity index (χ0v) is 12.6. The first kappa shape index (κ1) is 16.8. The van der Waals surface area contributed by atoms with Crippen LogP contribution in [0.25, 0.3) is 0 Å². The molecule has 0 fully saturated rings. The molecule has 20 heavy (non-hydrogen) atoms. The summed E-state index contributed by atoms with van der Waals surface area (Å²) in [7, 11) is 1.56. The summed E-state index contributed by atoms with van der Waals surface area (Å²) in [5.74, 6) is -0.567. The third-order valence-corrected chi connectivity index (χ3v) is 3.56. The SMILES string of the molecule is CCOC(CC(C(C)=O)C(C)c1cccc(F)c1)OC. The minimum absolute atomic E-state index is 0.0588. The number of Topliss-reactive ketones (excluding diaryl/α,β-unsaturated/α-hetero) is 1. The van der Waals surface area contributed by atoms with E-state index in [2.05, 4.69) is 0 Å². The molecule has 0 aromatic heterocycles. The van der Waals surface area contributed by atoms with E-state index in [4.69, 9.17) is 9.47 Å². The third kappa shape index (κ3) is 4.69. The molecule has 0 saturated heterocycles. The fourth-order valence-electron chi connectivity index (χ4n) is 2.37. The van der Waals surface area contributed by atoms with Gasteiger partial charge in [0, 0.05) is 26.1 Å². The normalized spacial score (nSPS) is 15.7. The minimum Gasteiger partial charge on any atom is -0.356 e. The number of methoxy groups -OCH3 is 1. The summed E-state index contributed by atoms with van der Waals surface area (Å²) in [5.41, 5.74) is 0.816. The van der Waals surface area contributed by atoms with Gasteiger partial charge in [0.05, 0.1) is 0 Å². The summed E-state index contributed by atoms with van der Waals surface area (Å²) in [6.07, 6.45) is 0.0575. The van der Waals surface area contributed by atoms with Crippen molar-refractivity contribution in [2.45, 2.75) is 39.4 Å². The zero-order chi connectivity index (χ0) is 15.1. The van der Waals surface area contributed by atoms with E-state index in [9.17, 15) is 9.18 Å². The maximum atomic E-state index is 13.3. The van der Waals surface area contributed by atoms with Crippen molar-refractivity contribution in [2.75, 3.05) is 13.7 Å². The van der Waals surface area contributed by atoms with Crippen molar-refractivity contribution in [3.05, 3.63) is 35.6 Å². The second-order valence-corrected chi connectivity index (χ2v) is 4.92. The molecule has 0 amide bonds. The topological polar surface area (TPSA) is 35.5 Å². The number of ether oxygens (including phenoxy) is 2. The molecule has 112 valence electrons. The fourth-order valence-corrected chi connectivity index (χ4v) is 2.37. The Morgan fingerprint density at radius 2 is 2.10 bits per heavy atom. The van der Waals surface area contributed by atoms with Gasteiger partial charge in [-0.15, -0.1) is 0 Å². The summed E-state index contributed by atoms with van der Waals surface area (Å²) in [6, 6.07) is 6.38. The molecular formula is C16H23FO3. The summed E-state index contributed by atoms with van der Waals surface area (Å²) >= 11 is 0. The van der Waals surface area contributed by atoms with E-state index in [0.29, 0.717) is 13.0 Å². The molecule has 0 radical (unpaired) electrons. The van der Waals surface area contributed by atoms with Crippen molar-refractivity contribution in [3.8, 4) is 0 Å². The van der Waals surface area contributed by atoms with Crippen LogP contribution in [0, 0.1) is 11.7 Å². The number of ketones is 1. The molecule has 0 bridgehead atoms. The Hall–Kier alpha value is -1.26. The van der Waals surface area contributed by atoms with Crippen molar-refractivity contribution in [2.24, 2.45) is 5.92 Å². The molecule has 3 atom stereocenters. The Morgan fingerprint density at radius 3 is 2.60 bits per heavy atom. The summed E-state index contributed by atoms with van der Waals surface area (Å²) < 4.78 is 24.0. The van der Waals surface area contributed by atoms with Gasteiger partial charge >= 0.3 is 0 Å². The number of rotatable bonds is 8. The molecular weight excluding hydrogens is 259 g/mol. The molecule has 1 aromatic carbocycles. The average molecular weight is 282 g/mol. The van der Waals surface area contributed by atoms with E-state index < -0.39 is 6.29 Å². The number of benzene rings is 1. The van der Waals surface area contributed by atoms with Gasteiger partial charge in [0.25, 0.3) is 0 Å². The van der Waals surface area contributed by atoms with Crippen LogP contribution in [-0.4, -0.2) is 25.8 Å². The van der Waals surface area contributed by atoms with Gasteiger partial charge in [-0.05, 0) is 37.5 Å². The molecule has 0 N–H and O–H groups in total. The quantitative estimate of drug-likeness (QED) is 0.684. The number of carbonyl (C=O) groups is 1. The molecule has 1 aromatic rings. The predicted molar refractivity (Wildman–Crippen MR) is 76.0 cm³/mol. The highest BCUT2D eigenvalue weighted by Gasteiger charge is 2.27. The maximum absolute atomic E-state index is 13.3. The Bertz CT molecular complexity index is 433. The summed E-state index contributed by atoms with van der Waals surface area (Å²) in [4.78, 5) is 11.9. The number of halogens is 1.